The number of rotatable bonds is 2. The van der Waals surface area contributed by atoms with Crippen molar-refractivity contribution in [2.75, 3.05) is 17.3 Å². The second-order valence-electron chi connectivity index (χ2n) is 4.35. The fourth-order valence-electron chi connectivity index (χ4n) is 1.73. The van der Waals surface area contributed by atoms with E-state index in [-0.39, 0.29) is 11.9 Å². The van der Waals surface area contributed by atoms with Crippen molar-refractivity contribution in [1.29, 1.82) is 5.26 Å². The molecular formula is C13H15N3O2. The van der Waals surface area contributed by atoms with Crippen LogP contribution in [0.1, 0.15) is 13.8 Å². The summed E-state index contributed by atoms with van der Waals surface area (Å²) < 4.78 is 5.47. The lowest BCUT2D eigenvalue weighted by atomic mass is 10.2. The molecule has 1 aliphatic rings. The van der Waals surface area contributed by atoms with Crippen molar-refractivity contribution < 1.29 is 9.53 Å². The lowest BCUT2D eigenvalue weighted by Gasteiger charge is -2.27. The zero-order chi connectivity index (χ0) is 13.3. The van der Waals surface area contributed by atoms with Crippen molar-refractivity contribution in [2.45, 2.75) is 26.0 Å². The number of nitrogens with zero attached hydrogens (tertiary/aromatic N) is 2. The Labute approximate surface area is 106 Å². The molecule has 0 aliphatic carbocycles. The summed E-state index contributed by atoms with van der Waals surface area (Å²) in [6, 6.07) is 7.42. The van der Waals surface area contributed by atoms with E-state index in [2.05, 4.69) is 11.4 Å². The third kappa shape index (κ3) is 2.09. The highest BCUT2D eigenvalue weighted by Crippen LogP contribution is 2.33. The molecule has 2 rings (SSSR count). The molecule has 1 aliphatic heterocycles. The number of anilines is 2. The minimum atomic E-state index is -0.473. The number of carbonyl (C=O) groups excluding carboxylic acids is 1. The van der Waals surface area contributed by atoms with Crippen LogP contribution in [0.15, 0.2) is 18.2 Å². The molecule has 0 saturated carbocycles. The molecule has 1 heterocycles. The van der Waals surface area contributed by atoms with E-state index in [9.17, 15) is 4.79 Å². The lowest BCUT2D eigenvalue weighted by molar-refractivity contribution is -0.122. The molecule has 5 heteroatoms. The van der Waals surface area contributed by atoms with E-state index in [1.165, 1.54) is 0 Å². The van der Waals surface area contributed by atoms with Gasteiger partial charge in [0.2, 0.25) is 0 Å². The van der Waals surface area contributed by atoms with Crippen molar-refractivity contribution >= 4 is 17.3 Å². The van der Waals surface area contributed by atoms with Crippen LogP contribution < -0.4 is 15.0 Å². The van der Waals surface area contributed by atoms with Gasteiger partial charge in [0.15, 0.2) is 6.10 Å². The molecule has 1 amide bonds. The number of ether oxygens (including phenoxy) is 1. The van der Waals surface area contributed by atoms with Crippen molar-refractivity contribution in [2.24, 2.45) is 0 Å². The number of fused-ring (bicyclic) bond motifs is 1. The first kappa shape index (κ1) is 12.2. The predicted octanol–water partition coefficient (Wildman–Crippen LogP) is 1.75. The SMILES string of the molecule is CC1Oc2ccc(N(C)C(C)C#N)cc2NC1=O. The molecule has 94 valence electrons. The molecule has 0 spiro atoms. The minimum Gasteiger partial charge on any atom is -0.479 e. The van der Waals surface area contributed by atoms with Crippen molar-refractivity contribution in [3.8, 4) is 11.8 Å². The molecule has 1 N–H and O–H groups in total. The number of nitrogens with one attached hydrogen (secondary N) is 1. The van der Waals surface area contributed by atoms with E-state index in [0.717, 1.165) is 5.69 Å². The number of hydrogen-bond donors (Lipinski definition) is 1. The van der Waals surface area contributed by atoms with Gasteiger partial charge >= 0.3 is 0 Å². The molecule has 0 bridgehead atoms. The Bertz CT molecular complexity index is 521. The van der Waals surface area contributed by atoms with Gasteiger partial charge in [0.1, 0.15) is 11.8 Å². The number of nitriles is 1. The largest absolute Gasteiger partial charge is 0.479 e. The quantitative estimate of drug-likeness (QED) is 0.862. The van der Waals surface area contributed by atoms with Gasteiger partial charge < -0.3 is 15.0 Å². The van der Waals surface area contributed by atoms with E-state index < -0.39 is 6.10 Å². The molecule has 2 unspecified atom stereocenters. The molecule has 0 radical (unpaired) electrons. The maximum Gasteiger partial charge on any atom is 0.265 e. The van der Waals surface area contributed by atoms with Crippen LogP contribution in [0.2, 0.25) is 0 Å². The highest BCUT2D eigenvalue weighted by molar-refractivity contribution is 5.98. The molecule has 2 atom stereocenters. The molecule has 0 saturated heterocycles. The van der Waals surface area contributed by atoms with E-state index >= 15 is 0 Å². The number of benzene rings is 1. The topological polar surface area (TPSA) is 65.4 Å². The minimum absolute atomic E-state index is 0.157. The first-order chi connectivity index (χ1) is 8.52. The monoisotopic (exact) mass is 245 g/mol. The summed E-state index contributed by atoms with van der Waals surface area (Å²) in [5.41, 5.74) is 1.51. The van der Waals surface area contributed by atoms with Crippen LogP contribution in [-0.4, -0.2) is 25.1 Å². The lowest BCUT2D eigenvalue weighted by Crippen LogP contribution is -2.34. The first-order valence-electron chi connectivity index (χ1n) is 5.77. The average Bonchev–Trinajstić information content (AvgIpc) is 2.37. The summed E-state index contributed by atoms with van der Waals surface area (Å²) in [6.45, 7) is 3.52. The smallest absolute Gasteiger partial charge is 0.265 e. The van der Waals surface area contributed by atoms with Crippen LogP contribution in [0.5, 0.6) is 5.75 Å². The van der Waals surface area contributed by atoms with Gasteiger partial charge in [0.25, 0.3) is 5.91 Å². The van der Waals surface area contributed by atoms with Gasteiger partial charge in [-0.15, -0.1) is 0 Å². The highest BCUT2D eigenvalue weighted by atomic mass is 16.5. The van der Waals surface area contributed by atoms with Gasteiger partial charge in [-0.2, -0.15) is 5.26 Å². The predicted molar refractivity (Wildman–Crippen MR) is 68.6 cm³/mol. The Hall–Kier alpha value is -2.22. The Morgan fingerprint density at radius 3 is 2.94 bits per heavy atom. The molecule has 0 aromatic heterocycles. The van der Waals surface area contributed by atoms with Crippen molar-refractivity contribution in [3.63, 3.8) is 0 Å². The number of carbonyl (C=O) groups is 1. The van der Waals surface area contributed by atoms with Crippen LogP contribution in [0.25, 0.3) is 0 Å². The van der Waals surface area contributed by atoms with Crippen LogP contribution in [0.4, 0.5) is 11.4 Å². The maximum absolute atomic E-state index is 11.5. The molecule has 0 fully saturated rings. The van der Waals surface area contributed by atoms with Gasteiger partial charge in [-0.05, 0) is 32.0 Å². The molecule has 1 aromatic rings. The maximum atomic E-state index is 11.5. The molecule has 5 nitrogen and oxygen atoms in total. The Kier molecular flexibility index (Phi) is 3.11. The summed E-state index contributed by atoms with van der Waals surface area (Å²) >= 11 is 0. The third-order valence-electron chi connectivity index (χ3n) is 3.07. The molecular weight excluding hydrogens is 230 g/mol. The standard InChI is InChI=1S/C13H15N3O2/c1-8(7-14)16(3)10-4-5-12-11(6-10)15-13(17)9(2)18-12/h4-6,8-9H,1-3H3,(H,15,17). The van der Waals surface area contributed by atoms with Crippen molar-refractivity contribution in [1.82, 2.24) is 0 Å². The Morgan fingerprint density at radius 2 is 2.28 bits per heavy atom. The molecule has 18 heavy (non-hydrogen) atoms. The van der Waals surface area contributed by atoms with Crippen LogP contribution >= 0.6 is 0 Å². The van der Waals surface area contributed by atoms with E-state index in [4.69, 9.17) is 10.00 Å². The van der Waals surface area contributed by atoms with Crippen LogP contribution in [0.3, 0.4) is 0 Å². The van der Waals surface area contributed by atoms with Crippen molar-refractivity contribution in [3.05, 3.63) is 18.2 Å². The van der Waals surface area contributed by atoms with Gasteiger partial charge in [0, 0.05) is 12.7 Å². The molecule has 1 aromatic carbocycles. The van der Waals surface area contributed by atoms with Gasteiger partial charge in [-0.25, -0.2) is 0 Å². The van der Waals surface area contributed by atoms with Gasteiger partial charge in [-0.1, -0.05) is 0 Å². The fraction of sp³-hybridized carbons (Fsp3) is 0.385. The summed E-state index contributed by atoms with van der Waals surface area (Å²) in [5.74, 6) is 0.500. The zero-order valence-electron chi connectivity index (χ0n) is 10.6. The highest BCUT2D eigenvalue weighted by Gasteiger charge is 2.24. The van der Waals surface area contributed by atoms with Crippen LogP contribution in [0, 0.1) is 11.3 Å². The summed E-state index contributed by atoms with van der Waals surface area (Å²) in [6.07, 6.45) is -0.473. The van der Waals surface area contributed by atoms with Gasteiger partial charge in [-0.3, -0.25) is 4.79 Å². The second-order valence-corrected chi connectivity index (χ2v) is 4.35. The summed E-state index contributed by atoms with van der Waals surface area (Å²) in [7, 11) is 1.84. The third-order valence-corrected chi connectivity index (χ3v) is 3.07. The number of hydrogen-bond acceptors (Lipinski definition) is 4. The Morgan fingerprint density at radius 1 is 1.56 bits per heavy atom. The zero-order valence-corrected chi connectivity index (χ0v) is 10.6. The number of amides is 1. The van der Waals surface area contributed by atoms with E-state index in [1.54, 1.807) is 13.0 Å². The fourth-order valence-corrected chi connectivity index (χ4v) is 1.73. The van der Waals surface area contributed by atoms with Crippen LogP contribution in [-0.2, 0) is 4.79 Å². The Balaban J connectivity index is 2.31. The summed E-state index contributed by atoms with van der Waals surface area (Å²) in [4.78, 5) is 13.4. The van der Waals surface area contributed by atoms with E-state index in [0.29, 0.717) is 11.4 Å². The normalized spacial score (nSPS) is 19.0. The average molecular weight is 245 g/mol. The second kappa shape index (κ2) is 4.57. The van der Waals surface area contributed by atoms with Gasteiger partial charge in [0.05, 0.1) is 11.8 Å². The first-order valence-corrected chi connectivity index (χ1v) is 5.77. The summed E-state index contributed by atoms with van der Waals surface area (Å²) in [5, 5.41) is 11.7. The van der Waals surface area contributed by atoms with E-state index in [1.807, 2.05) is 31.0 Å².